The number of likely N-dealkylation sites (tertiary alicyclic amines) is 2. The Morgan fingerprint density at radius 3 is 2.10 bits per heavy atom. The normalized spacial score (nSPS) is 38.3. The van der Waals surface area contributed by atoms with E-state index in [9.17, 15) is 14.4 Å². The molecule has 4 fully saturated rings. The lowest BCUT2D eigenvalue weighted by Gasteiger charge is -2.28. The molecule has 0 radical (unpaired) electrons. The second kappa shape index (κ2) is 4.82. The Morgan fingerprint density at radius 1 is 0.952 bits per heavy atom. The Balaban J connectivity index is 1.47. The van der Waals surface area contributed by atoms with Crippen molar-refractivity contribution in [1.29, 1.82) is 0 Å². The highest BCUT2D eigenvalue weighted by atomic mass is 16.2. The average Bonchev–Trinajstić information content (AvgIpc) is 3.18. The maximum Gasteiger partial charge on any atom is 0.242 e. The van der Waals surface area contributed by atoms with Gasteiger partial charge in [0.15, 0.2) is 0 Å². The van der Waals surface area contributed by atoms with Crippen LogP contribution in [0.3, 0.4) is 0 Å². The maximum atomic E-state index is 12.5. The molecule has 4 aliphatic rings. The molecule has 4 rings (SSSR count). The summed E-state index contributed by atoms with van der Waals surface area (Å²) in [5.74, 6) is 0.391. The van der Waals surface area contributed by atoms with Gasteiger partial charge in [-0.25, -0.2) is 0 Å². The molecule has 2 saturated heterocycles. The quantitative estimate of drug-likeness (QED) is 0.714. The summed E-state index contributed by atoms with van der Waals surface area (Å²) in [6.45, 7) is 1.52. The predicted octanol–water partition coefficient (Wildman–Crippen LogP) is 1.03. The Labute approximate surface area is 124 Å². The third-order valence-corrected chi connectivity index (χ3v) is 6.02. The lowest BCUT2D eigenvalue weighted by molar-refractivity contribution is -0.147. The van der Waals surface area contributed by atoms with Gasteiger partial charge in [-0.05, 0) is 50.4 Å². The lowest BCUT2D eigenvalue weighted by Crippen LogP contribution is -2.45. The molecule has 0 N–H and O–H groups in total. The molecule has 0 aromatic carbocycles. The molecular formula is C16H22N2O3. The van der Waals surface area contributed by atoms with Crippen LogP contribution in [0, 0.1) is 23.7 Å². The van der Waals surface area contributed by atoms with E-state index in [4.69, 9.17) is 0 Å². The second-order valence-corrected chi connectivity index (χ2v) is 7.09. The molecule has 4 atom stereocenters. The van der Waals surface area contributed by atoms with E-state index in [1.165, 1.54) is 11.3 Å². The van der Waals surface area contributed by atoms with Crippen molar-refractivity contribution in [3.8, 4) is 0 Å². The third kappa shape index (κ3) is 1.93. The summed E-state index contributed by atoms with van der Waals surface area (Å²) in [5, 5.41) is 0. The number of rotatable bonds is 2. The smallest absolute Gasteiger partial charge is 0.242 e. The monoisotopic (exact) mass is 290 g/mol. The first-order chi connectivity index (χ1) is 10.2. The van der Waals surface area contributed by atoms with E-state index in [0.29, 0.717) is 11.8 Å². The molecule has 4 unspecified atom stereocenters. The third-order valence-electron chi connectivity index (χ3n) is 6.02. The summed E-state index contributed by atoms with van der Waals surface area (Å²) >= 11 is 0. The van der Waals surface area contributed by atoms with Crippen molar-refractivity contribution in [1.82, 2.24) is 9.80 Å². The molecular weight excluding hydrogens is 268 g/mol. The van der Waals surface area contributed by atoms with Gasteiger partial charge in [0.25, 0.3) is 0 Å². The largest absolute Gasteiger partial charge is 0.341 e. The minimum absolute atomic E-state index is 0.0237. The van der Waals surface area contributed by atoms with Gasteiger partial charge in [0.2, 0.25) is 17.7 Å². The Kier molecular flexibility index (Phi) is 3.05. The average molecular weight is 290 g/mol. The number of imide groups is 1. The van der Waals surface area contributed by atoms with Crippen molar-refractivity contribution in [2.75, 3.05) is 19.6 Å². The molecule has 5 heteroatoms. The number of carbonyl (C=O) groups is 3. The van der Waals surface area contributed by atoms with Gasteiger partial charge in [-0.2, -0.15) is 0 Å². The summed E-state index contributed by atoms with van der Waals surface area (Å²) in [6, 6.07) is 0. The zero-order chi connectivity index (χ0) is 14.6. The van der Waals surface area contributed by atoms with E-state index >= 15 is 0 Å². The molecule has 5 nitrogen and oxygen atoms in total. The van der Waals surface area contributed by atoms with Gasteiger partial charge in [-0.3, -0.25) is 19.3 Å². The van der Waals surface area contributed by atoms with Gasteiger partial charge in [-0.15, -0.1) is 0 Å². The fraction of sp³-hybridized carbons (Fsp3) is 0.812. The van der Waals surface area contributed by atoms with Crippen molar-refractivity contribution >= 4 is 17.7 Å². The van der Waals surface area contributed by atoms with Crippen LogP contribution in [-0.2, 0) is 14.4 Å². The summed E-state index contributed by atoms with van der Waals surface area (Å²) in [4.78, 5) is 40.5. The zero-order valence-electron chi connectivity index (χ0n) is 12.3. The Morgan fingerprint density at radius 2 is 1.52 bits per heavy atom. The van der Waals surface area contributed by atoms with E-state index < -0.39 is 0 Å². The highest BCUT2D eigenvalue weighted by Gasteiger charge is 2.61. The second-order valence-electron chi connectivity index (χ2n) is 7.09. The topological polar surface area (TPSA) is 57.7 Å². The molecule has 0 aromatic heterocycles. The number of carbonyl (C=O) groups excluding carboxylic acids is 3. The van der Waals surface area contributed by atoms with E-state index in [1.807, 2.05) is 4.90 Å². The minimum Gasteiger partial charge on any atom is -0.341 e. The van der Waals surface area contributed by atoms with E-state index in [-0.39, 0.29) is 36.1 Å². The summed E-state index contributed by atoms with van der Waals surface area (Å²) in [7, 11) is 0. The van der Waals surface area contributed by atoms with Crippen LogP contribution < -0.4 is 0 Å². The van der Waals surface area contributed by atoms with Gasteiger partial charge in [0.1, 0.15) is 6.54 Å². The summed E-state index contributed by atoms with van der Waals surface area (Å²) in [5.41, 5.74) is 0. The number of amides is 3. The van der Waals surface area contributed by atoms with Gasteiger partial charge >= 0.3 is 0 Å². The number of fused-ring (bicyclic) bond motifs is 5. The van der Waals surface area contributed by atoms with Crippen LogP contribution in [-0.4, -0.2) is 47.2 Å². The van der Waals surface area contributed by atoms with E-state index in [2.05, 4.69) is 0 Å². The van der Waals surface area contributed by atoms with E-state index in [0.717, 1.165) is 45.2 Å². The van der Waals surface area contributed by atoms with Crippen LogP contribution in [0.5, 0.6) is 0 Å². The molecule has 2 aliphatic carbocycles. The van der Waals surface area contributed by atoms with Crippen LogP contribution >= 0.6 is 0 Å². The molecule has 2 saturated carbocycles. The SMILES string of the molecule is O=C(CN1C(=O)C2C3CCC(C3)C2C1=O)N1CCCCC1. The van der Waals surface area contributed by atoms with Crippen LogP contribution in [0.25, 0.3) is 0 Å². The molecule has 2 bridgehead atoms. The highest BCUT2D eigenvalue weighted by Crippen LogP contribution is 2.56. The van der Waals surface area contributed by atoms with Crippen LogP contribution in [0.2, 0.25) is 0 Å². The van der Waals surface area contributed by atoms with Crippen molar-refractivity contribution < 1.29 is 14.4 Å². The van der Waals surface area contributed by atoms with Gasteiger partial charge in [0.05, 0.1) is 11.8 Å². The fourth-order valence-electron chi connectivity index (χ4n) is 5.00. The Hall–Kier alpha value is -1.39. The first kappa shape index (κ1) is 13.3. The van der Waals surface area contributed by atoms with Crippen molar-refractivity contribution in [2.45, 2.75) is 38.5 Å². The first-order valence-electron chi connectivity index (χ1n) is 8.30. The van der Waals surface area contributed by atoms with Gasteiger partial charge < -0.3 is 4.90 Å². The summed E-state index contributed by atoms with van der Waals surface area (Å²) in [6.07, 6.45) is 6.43. The molecule has 2 aliphatic heterocycles. The van der Waals surface area contributed by atoms with Crippen molar-refractivity contribution in [2.24, 2.45) is 23.7 Å². The highest BCUT2D eigenvalue weighted by molar-refractivity contribution is 6.08. The van der Waals surface area contributed by atoms with Crippen LogP contribution in [0.1, 0.15) is 38.5 Å². The van der Waals surface area contributed by atoms with Crippen molar-refractivity contribution in [3.63, 3.8) is 0 Å². The molecule has 114 valence electrons. The van der Waals surface area contributed by atoms with Gasteiger partial charge in [0, 0.05) is 13.1 Å². The van der Waals surface area contributed by atoms with Crippen LogP contribution in [0.4, 0.5) is 0 Å². The first-order valence-corrected chi connectivity index (χ1v) is 8.30. The molecule has 2 heterocycles. The Bertz CT molecular complexity index is 470. The standard InChI is InChI=1S/C16H22N2O3/c19-12(17-6-2-1-3-7-17)9-18-15(20)13-10-4-5-11(8-10)14(13)16(18)21/h10-11,13-14H,1-9H2. The number of piperidine rings is 1. The van der Waals surface area contributed by atoms with Crippen LogP contribution in [0.15, 0.2) is 0 Å². The number of hydrogen-bond donors (Lipinski definition) is 0. The molecule has 21 heavy (non-hydrogen) atoms. The zero-order valence-corrected chi connectivity index (χ0v) is 12.3. The summed E-state index contributed by atoms with van der Waals surface area (Å²) < 4.78 is 0. The maximum absolute atomic E-state index is 12.5. The molecule has 0 spiro atoms. The number of nitrogens with zero attached hydrogens (tertiary/aromatic N) is 2. The predicted molar refractivity (Wildman–Crippen MR) is 75.0 cm³/mol. The van der Waals surface area contributed by atoms with E-state index in [1.54, 1.807) is 0 Å². The van der Waals surface area contributed by atoms with Crippen molar-refractivity contribution in [3.05, 3.63) is 0 Å². The number of hydrogen-bond acceptors (Lipinski definition) is 3. The molecule has 3 amide bonds. The molecule has 0 aromatic rings. The van der Waals surface area contributed by atoms with Gasteiger partial charge in [-0.1, -0.05) is 0 Å². The lowest BCUT2D eigenvalue weighted by atomic mass is 9.81. The fourth-order valence-corrected chi connectivity index (χ4v) is 5.00. The minimum atomic E-state index is -0.106.